The Balaban J connectivity index is 2.78. The van der Waals surface area contributed by atoms with Crippen LogP contribution in [0.2, 0.25) is 0 Å². The number of primary amides is 1. The Morgan fingerprint density at radius 3 is 2.62 bits per heavy atom. The van der Waals surface area contributed by atoms with Crippen LogP contribution >= 0.6 is 0 Å². The lowest BCUT2D eigenvalue weighted by atomic mass is 9.89. The molecule has 0 fully saturated rings. The first-order valence-corrected chi connectivity index (χ1v) is 7.55. The van der Waals surface area contributed by atoms with E-state index in [1.165, 1.54) is 12.3 Å². The van der Waals surface area contributed by atoms with Crippen LogP contribution in [0.5, 0.6) is 0 Å². The lowest BCUT2D eigenvalue weighted by Gasteiger charge is -2.15. The summed E-state index contributed by atoms with van der Waals surface area (Å²) in [5, 5.41) is 9.32. The average Bonchev–Trinajstić information content (AvgIpc) is 2.55. The highest BCUT2D eigenvalue weighted by molar-refractivity contribution is 6.00. The molecule has 0 aliphatic rings. The fraction of sp³-hybridized carbons (Fsp3) is 0.211. The van der Waals surface area contributed by atoms with Crippen LogP contribution in [0.1, 0.15) is 37.0 Å². The minimum atomic E-state index is -0.588. The van der Waals surface area contributed by atoms with E-state index in [4.69, 9.17) is 5.73 Å². The summed E-state index contributed by atoms with van der Waals surface area (Å²) in [7, 11) is 0. The molecule has 0 saturated carbocycles. The summed E-state index contributed by atoms with van der Waals surface area (Å²) >= 11 is 0. The van der Waals surface area contributed by atoms with Crippen molar-refractivity contribution in [2.75, 3.05) is 0 Å². The Morgan fingerprint density at radius 1 is 1.38 bits per heavy atom. The maximum absolute atomic E-state index is 13.5. The number of carbonyl (C=O) groups excluding carboxylic acids is 1. The zero-order chi connectivity index (χ0) is 17.9. The third kappa shape index (κ3) is 3.33. The summed E-state index contributed by atoms with van der Waals surface area (Å²) in [6.07, 6.45) is 1.88. The van der Waals surface area contributed by atoms with Gasteiger partial charge in [0.15, 0.2) is 0 Å². The second-order valence-electron chi connectivity index (χ2n) is 5.50. The van der Waals surface area contributed by atoms with Gasteiger partial charge in [-0.2, -0.15) is 9.65 Å². The third-order valence-electron chi connectivity index (χ3n) is 4.08. The van der Waals surface area contributed by atoms with Gasteiger partial charge in [0.25, 0.3) is 0 Å². The van der Waals surface area contributed by atoms with Crippen molar-refractivity contribution in [1.82, 2.24) is 4.98 Å². The summed E-state index contributed by atoms with van der Waals surface area (Å²) in [6.45, 7) is 5.54. The van der Waals surface area contributed by atoms with Gasteiger partial charge in [0.1, 0.15) is 0 Å². The number of amides is 1. The summed E-state index contributed by atoms with van der Waals surface area (Å²) in [5.41, 5.74) is 10.1. The maximum Gasteiger partial charge on any atom is 0.244 e. The van der Waals surface area contributed by atoms with E-state index in [2.05, 4.69) is 11.1 Å². The topological polar surface area (TPSA) is 79.8 Å². The smallest absolute Gasteiger partial charge is 0.244 e. The van der Waals surface area contributed by atoms with E-state index in [0.29, 0.717) is 23.1 Å². The molecule has 2 aromatic rings. The van der Waals surface area contributed by atoms with E-state index >= 15 is 0 Å². The molecule has 122 valence electrons. The van der Waals surface area contributed by atoms with Gasteiger partial charge in [0.2, 0.25) is 11.9 Å². The second-order valence-corrected chi connectivity index (χ2v) is 5.50. The quantitative estimate of drug-likeness (QED) is 0.687. The molecule has 5 heteroatoms. The number of hydrogen-bond acceptors (Lipinski definition) is 3. The zero-order valence-electron chi connectivity index (χ0n) is 13.9. The molecule has 0 aliphatic heterocycles. The molecular weight excluding hydrogens is 305 g/mol. The summed E-state index contributed by atoms with van der Waals surface area (Å²) in [4.78, 5) is 15.2. The van der Waals surface area contributed by atoms with Crippen LogP contribution in [-0.4, -0.2) is 10.9 Å². The van der Waals surface area contributed by atoms with E-state index in [-0.39, 0.29) is 0 Å². The molecule has 0 bridgehead atoms. The van der Waals surface area contributed by atoms with Gasteiger partial charge in [-0.3, -0.25) is 4.79 Å². The molecule has 1 heterocycles. The van der Waals surface area contributed by atoms with Crippen molar-refractivity contribution in [2.24, 2.45) is 5.73 Å². The molecule has 0 spiro atoms. The van der Waals surface area contributed by atoms with Crippen molar-refractivity contribution >= 4 is 11.5 Å². The zero-order valence-corrected chi connectivity index (χ0v) is 13.9. The van der Waals surface area contributed by atoms with Crippen molar-refractivity contribution in [2.45, 2.75) is 27.2 Å². The van der Waals surface area contributed by atoms with Gasteiger partial charge in [-0.25, -0.2) is 4.98 Å². The number of rotatable bonds is 4. The molecular formula is C19H18FN3O. The normalized spacial score (nSPS) is 11.6. The minimum absolute atomic E-state index is 0.432. The van der Waals surface area contributed by atoms with Crippen LogP contribution in [-0.2, 0) is 4.79 Å². The predicted molar refractivity (Wildman–Crippen MR) is 91.2 cm³/mol. The summed E-state index contributed by atoms with van der Waals surface area (Å²) < 4.78 is 13.5. The average molecular weight is 323 g/mol. The fourth-order valence-electron chi connectivity index (χ4n) is 2.82. The van der Waals surface area contributed by atoms with Gasteiger partial charge in [0, 0.05) is 17.8 Å². The minimum Gasteiger partial charge on any atom is -0.366 e. The number of nitrogens with zero attached hydrogens (tertiary/aromatic N) is 2. The summed E-state index contributed by atoms with van der Waals surface area (Å²) in [6, 6.07) is 8.55. The second kappa shape index (κ2) is 7.05. The van der Waals surface area contributed by atoms with E-state index in [0.717, 1.165) is 22.3 Å². The number of carbonyl (C=O) groups is 1. The molecule has 0 saturated heterocycles. The van der Waals surface area contributed by atoms with Gasteiger partial charge < -0.3 is 5.73 Å². The number of pyridine rings is 1. The van der Waals surface area contributed by atoms with Gasteiger partial charge in [-0.1, -0.05) is 6.92 Å². The highest BCUT2D eigenvalue weighted by atomic mass is 19.1. The maximum atomic E-state index is 13.5. The van der Waals surface area contributed by atoms with Gasteiger partial charge in [0.05, 0.1) is 11.6 Å². The van der Waals surface area contributed by atoms with Crippen molar-refractivity contribution in [3.63, 3.8) is 0 Å². The van der Waals surface area contributed by atoms with Crippen LogP contribution in [0.15, 0.2) is 36.0 Å². The van der Waals surface area contributed by atoms with Crippen LogP contribution in [0, 0.1) is 24.2 Å². The highest BCUT2D eigenvalue weighted by Crippen LogP contribution is 2.32. The van der Waals surface area contributed by atoms with Crippen LogP contribution in [0.3, 0.4) is 0 Å². The molecule has 4 nitrogen and oxygen atoms in total. The first kappa shape index (κ1) is 17.4. The van der Waals surface area contributed by atoms with Gasteiger partial charge in [-0.05, 0) is 66.3 Å². The number of benzene rings is 1. The van der Waals surface area contributed by atoms with Crippen LogP contribution in [0.4, 0.5) is 4.39 Å². The largest absolute Gasteiger partial charge is 0.366 e. The first-order chi connectivity index (χ1) is 11.4. The molecule has 1 aromatic heterocycles. The molecule has 0 aliphatic carbocycles. The van der Waals surface area contributed by atoms with E-state index in [1.807, 2.05) is 20.8 Å². The van der Waals surface area contributed by atoms with E-state index < -0.39 is 11.9 Å². The molecule has 0 unspecified atom stereocenters. The van der Waals surface area contributed by atoms with Crippen molar-refractivity contribution < 1.29 is 9.18 Å². The number of nitrogens with two attached hydrogens (primary N) is 1. The molecule has 2 N–H and O–H groups in total. The predicted octanol–water partition coefficient (Wildman–Crippen LogP) is 3.74. The van der Waals surface area contributed by atoms with Crippen molar-refractivity contribution in [1.29, 1.82) is 5.26 Å². The fourth-order valence-corrected chi connectivity index (χ4v) is 2.82. The SMILES string of the molecule is CC/C(C(N)=O)=C(/C)c1cc(C#N)cc(-c2ccnc(F)c2)c1C. The molecule has 0 atom stereocenters. The number of nitriles is 1. The third-order valence-corrected chi connectivity index (χ3v) is 4.08. The number of allylic oxidation sites excluding steroid dienone is 1. The lowest BCUT2D eigenvalue weighted by molar-refractivity contribution is -0.114. The molecule has 1 amide bonds. The van der Waals surface area contributed by atoms with E-state index in [1.54, 1.807) is 18.2 Å². The Hall–Kier alpha value is -3.00. The molecule has 1 aromatic carbocycles. The van der Waals surface area contributed by atoms with Crippen LogP contribution < -0.4 is 5.73 Å². The lowest BCUT2D eigenvalue weighted by Crippen LogP contribution is -2.15. The summed E-state index contributed by atoms with van der Waals surface area (Å²) in [5.74, 6) is -1.07. The van der Waals surface area contributed by atoms with Crippen molar-refractivity contribution in [3.05, 3.63) is 58.7 Å². The first-order valence-electron chi connectivity index (χ1n) is 7.55. The van der Waals surface area contributed by atoms with Gasteiger partial charge in [-0.15, -0.1) is 0 Å². The van der Waals surface area contributed by atoms with Crippen LogP contribution in [0.25, 0.3) is 16.7 Å². The Kier molecular flexibility index (Phi) is 5.10. The number of hydrogen-bond donors (Lipinski definition) is 1. The number of halogens is 1. The highest BCUT2D eigenvalue weighted by Gasteiger charge is 2.15. The van der Waals surface area contributed by atoms with Crippen molar-refractivity contribution in [3.8, 4) is 17.2 Å². The number of aromatic nitrogens is 1. The van der Waals surface area contributed by atoms with E-state index in [9.17, 15) is 14.4 Å². The molecule has 0 radical (unpaired) electrons. The molecule has 24 heavy (non-hydrogen) atoms. The Morgan fingerprint density at radius 2 is 2.08 bits per heavy atom. The monoisotopic (exact) mass is 323 g/mol. The molecule has 2 rings (SSSR count). The standard InChI is InChI=1S/C19H18FN3O/c1-4-15(19(22)24)11(2)16-7-13(10-21)8-17(12(16)3)14-5-6-23-18(20)9-14/h5-9H,4H2,1-3H3,(H2,22,24)/b15-11+. The Labute approximate surface area is 140 Å². The van der Waals surface area contributed by atoms with Gasteiger partial charge >= 0.3 is 0 Å². The Bertz CT molecular complexity index is 879.